The molecule has 0 radical (unpaired) electrons. The summed E-state index contributed by atoms with van der Waals surface area (Å²) < 4.78 is 0. The zero-order valence-corrected chi connectivity index (χ0v) is 13.8. The van der Waals surface area contributed by atoms with E-state index in [0.717, 1.165) is 28.3 Å². The van der Waals surface area contributed by atoms with Crippen molar-refractivity contribution < 1.29 is 0 Å². The van der Waals surface area contributed by atoms with E-state index in [0.29, 0.717) is 5.82 Å². The summed E-state index contributed by atoms with van der Waals surface area (Å²) in [6, 6.07) is 0. The molecule has 2 N–H and O–H groups in total. The zero-order chi connectivity index (χ0) is 15.8. The topological polar surface area (TPSA) is 51.3 Å². The molecule has 0 unspecified atom stereocenters. The lowest BCUT2D eigenvalue weighted by atomic mass is 10.1. The maximum atomic E-state index is 6.09. The molecule has 1 heterocycles. The minimum Gasteiger partial charge on any atom is -0.382 e. The van der Waals surface area contributed by atoms with Crippen molar-refractivity contribution >= 4 is 34.5 Å². The maximum absolute atomic E-state index is 6.09. The van der Waals surface area contributed by atoms with Gasteiger partial charge < -0.3 is 5.73 Å². The Morgan fingerprint density at radius 1 is 1.41 bits per heavy atom. The van der Waals surface area contributed by atoms with E-state index in [2.05, 4.69) is 35.1 Å². The molecule has 0 amide bonds. The van der Waals surface area contributed by atoms with Crippen molar-refractivity contribution in [2.45, 2.75) is 26.7 Å². The number of aliphatic imine (C=N–C) groups is 1. The van der Waals surface area contributed by atoms with Crippen molar-refractivity contribution in [2.24, 2.45) is 4.99 Å². The number of hydrogen-bond acceptors (Lipinski definition) is 4. The van der Waals surface area contributed by atoms with Gasteiger partial charge in [-0.05, 0) is 31.4 Å². The van der Waals surface area contributed by atoms with Crippen LogP contribution in [-0.4, -0.2) is 11.2 Å². The van der Waals surface area contributed by atoms with Crippen LogP contribution in [0.5, 0.6) is 0 Å². The fraction of sp³-hybridized carbons (Fsp3) is 0.222. The quantitative estimate of drug-likeness (QED) is 0.776. The first-order valence-corrected chi connectivity index (χ1v) is 8.18. The molecule has 0 atom stereocenters. The van der Waals surface area contributed by atoms with E-state index in [1.807, 2.05) is 37.4 Å². The van der Waals surface area contributed by atoms with Crippen LogP contribution in [0.15, 0.2) is 53.7 Å². The summed E-state index contributed by atoms with van der Waals surface area (Å²) in [7, 11) is 0. The first kappa shape index (κ1) is 16.2. The van der Waals surface area contributed by atoms with Crippen LogP contribution in [0.3, 0.4) is 0 Å². The van der Waals surface area contributed by atoms with E-state index in [1.54, 1.807) is 17.6 Å². The Morgan fingerprint density at radius 2 is 2.27 bits per heavy atom. The molecule has 1 aromatic heterocycles. The molecule has 0 fully saturated rings. The van der Waals surface area contributed by atoms with E-state index in [4.69, 9.17) is 5.73 Å². The SMILES string of the molecule is CC/C=C/C=N/C=C(\C)c1nc(N)c(C2=CC=CC=CC2)s1. The van der Waals surface area contributed by atoms with Crippen LogP contribution in [0, 0.1) is 0 Å². The number of allylic oxidation sites excluding steroid dienone is 9. The number of nitrogen functional groups attached to an aromatic ring is 1. The van der Waals surface area contributed by atoms with Gasteiger partial charge in [0.25, 0.3) is 0 Å². The molecule has 0 aromatic carbocycles. The van der Waals surface area contributed by atoms with Crippen molar-refractivity contribution in [1.29, 1.82) is 0 Å². The molecular formula is C18H21N3S. The number of nitrogens with two attached hydrogens (primary N) is 1. The molecule has 0 spiro atoms. The Labute approximate surface area is 136 Å². The number of hydrogen-bond donors (Lipinski definition) is 1. The third-order valence-corrected chi connectivity index (χ3v) is 4.37. The van der Waals surface area contributed by atoms with Gasteiger partial charge in [0.05, 0.1) is 4.88 Å². The molecule has 0 saturated carbocycles. The van der Waals surface area contributed by atoms with E-state index in [1.165, 1.54) is 5.57 Å². The molecule has 3 nitrogen and oxygen atoms in total. The normalized spacial score (nSPS) is 15.7. The summed E-state index contributed by atoms with van der Waals surface area (Å²) in [6.45, 7) is 4.10. The van der Waals surface area contributed by atoms with Gasteiger partial charge >= 0.3 is 0 Å². The second-order valence-electron chi connectivity index (χ2n) is 4.89. The highest BCUT2D eigenvalue weighted by Crippen LogP contribution is 2.34. The Bertz CT molecular complexity index is 685. The van der Waals surface area contributed by atoms with Gasteiger partial charge in [-0.25, -0.2) is 4.98 Å². The molecule has 0 aliphatic heterocycles. The first-order chi connectivity index (χ1) is 10.7. The highest BCUT2D eigenvalue weighted by Gasteiger charge is 2.13. The van der Waals surface area contributed by atoms with Gasteiger partial charge in [0.2, 0.25) is 0 Å². The third-order valence-electron chi connectivity index (χ3n) is 3.09. The van der Waals surface area contributed by atoms with Crippen LogP contribution in [-0.2, 0) is 0 Å². The van der Waals surface area contributed by atoms with Crippen molar-refractivity contribution in [3.8, 4) is 0 Å². The predicted octanol–water partition coefficient (Wildman–Crippen LogP) is 5.02. The molecule has 114 valence electrons. The van der Waals surface area contributed by atoms with Crippen LogP contribution < -0.4 is 5.73 Å². The first-order valence-electron chi connectivity index (χ1n) is 7.37. The summed E-state index contributed by atoms with van der Waals surface area (Å²) >= 11 is 1.62. The second kappa shape index (κ2) is 8.29. The Balaban J connectivity index is 2.18. The average Bonchev–Trinajstić information content (AvgIpc) is 2.74. The van der Waals surface area contributed by atoms with Crippen LogP contribution in [0.2, 0.25) is 0 Å². The minimum atomic E-state index is 0.595. The minimum absolute atomic E-state index is 0.595. The van der Waals surface area contributed by atoms with Crippen LogP contribution in [0.25, 0.3) is 11.1 Å². The number of thiazole rings is 1. The van der Waals surface area contributed by atoms with Crippen LogP contribution in [0.4, 0.5) is 5.82 Å². The van der Waals surface area contributed by atoms with Crippen molar-refractivity contribution in [3.05, 3.63) is 58.6 Å². The molecule has 1 aliphatic carbocycles. The lowest BCUT2D eigenvalue weighted by Gasteiger charge is -1.99. The zero-order valence-electron chi connectivity index (χ0n) is 13.0. The van der Waals surface area contributed by atoms with Gasteiger partial charge in [-0.3, -0.25) is 4.99 Å². The van der Waals surface area contributed by atoms with Crippen molar-refractivity contribution in [2.75, 3.05) is 5.73 Å². The summed E-state index contributed by atoms with van der Waals surface area (Å²) in [5.74, 6) is 0.595. The fourth-order valence-corrected chi connectivity index (χ4v) is 2.92. The van der Waals surface area contributed by atoms with Gasteiger partial charge in [0, 0.05) is 18.0 Å². The lowest BCUT2D eigenvalue weighted by Crippen LogP contribution is -1.90. The standard InChI is InChI=1S/C18H21N3S/c1-3-4-9-12-20-13-14(2)18-21-17(19)16(22-18)15-10-7-5-6-8-11-15/h4-10,12-13H,3,11,19H2,1-2H3/b9-4+,14-13+,20-12+. The summed E-state index contributed by atoms with van der Waals surface area (Å²) in [4.78, 5) is 9.80. The molecule has 0 bridgehead atoms. The molecule has 4 heteroatoms. The molecule has 1 aromatic rings. The Morgan fingerprint density at radius 3 is 3.09 bits per heavy atom. The van der Waals surface area contributed by atoms with E-state index in [9.17, 15) is 0 Å². The molecule has 22 heavy (non-hydrogen) atoms. The van der Waals surface area contributed by atoms with Crippen molar-refractivity contribution in [3.63, 3.8) is 0 Å². The Hall–Kier alpha value is -2.20. The second-order valence-corrected chi connectivity index (χ2v) is 5.89. The van der Waals surface area contributed by atoms with Gasteiger partial charge in [-0.15, -0.1) is 11.3 Å². The van der Waals surface area contributed by atoms with Gasteiger partial charge in [-0.1, -0.05) is 43.4 Å². The summed E-state index contributed by atoms with van der Waals surface area (Å²) in [5.41, 5.74) is 8.31. The third kappa shape index (κ3) is 4.40. The van der Waals surface area contributed by atoms with E-state index >= 15 is 0 Å². The number of aromatic nitrogens is 1. The molecule has 2 rings (SSSR count). The maximum Gasteiger partial charge on any atom is 0.142 e. The summed E-state index contributed by atoms with van der Waals surface area (Å²) in [6.07, 6.45) is 19.8. The van der Waals surface area contributed by atoms with Crippen LogP contribution >= 0.6 is 11.3 Å². The highest BCUT2D eigenvalue weighted by molar-refractivity contribution is 7.14. The number of nitrogens with zero attached hydrogens (tertiary/aromatic N) is 2. The van der Waals surface area contributed by atoms with E-state index < -0.39 is 0 Å². The van der Waals surface area contributed by atoms with Crippen LogP contribution in [0.1, 0.15) is 36.6 Å². The largest absolute Gasteiger partial charge is 0.382 e. The fourth-order valence-electron chi connectivity index (χ4n) is 1.93. The number of rotatable bonds is 5. The molecule has 1 aliphatic rings. The number of anilines is 1. The predicted molar refractivity (Wildman–Crippen MR) is 99.0 cm³/mol. The van der Waals surface area contributed by atoms with E-state index in [-0.39, 0.29) is 0 Å². The Kier molecular flexibility index (Phi) is 6.10. The van der Waals surface area contributed by atoms with Gasteiger partial charge in [0.15, 0.2) is 0 Å². The van der Waals surface area contributed by atoms with Gasteiger partial charge in [0.1, 0.15) is 10.8 Å². The smallest absolute Gasteiger partial charge is 0.142 e. The highest BCUT2D eigenvalue weighted by atomic mass is 32.1. The molecule has 0 saturated heterocycles. The average molecular weight is 311 g/mol. The molecular weight excluding hydrogens is 290 g/mol. The monoisotopic (exact) mass is 311 g/mol. The van der Waals surface area contributed by atoms with Gasteiger partial charge in [-0.2, -0.15) is 0 Å². The summed E-state index contributed by atoms with van der Waals surface area (Å²) in [5, 5.41) is 0.919. The lowest BCUT2D eigenvalue weighted by molar-refractivity contribution is 1.23. The van der Waals surface area contributed by atoms with Crippen molar-refractivity contribution in [1.82, 2.24) is 4.98 Å².